The minimum atomic E-state index is -4.76. The van der Waals surface area contributed by atoms with Crippen LogP contribution in [-0.2, 0) is 16.0 Å². The summed E-state index contributed by atoms with van der Waals surface area (Å²) in [5, 5.41) is 0. The van der Waals surface area contributed by atoms with E-state index in [-0.39, 0.29) is 10.3 Å². The molecule has 2 aromatic rings. The molecule has 0 aliphatic heterocycles. The lowest BCUT2D eigenvalue weighted by atomic mass is 9.95. The predicted octanol–water partition coefficient (Wildman–Crippen LogP) is 5.73. The van der Waals surface area contributed by atoms with E-state index in [9.17, 15) is 26.0 Å². The van der Waals surface area contributed by atoms with Crippen LogP contribution in [-0.4, -0.2) is 14.7 Å². The maximum atomic E-state index is 13.7. The summed E-state index contributed by atoms with van der Waals surface area (Å²) in [4.78, 5) is 0.193. The van der Waals surface area contributed by atoms with E-state index in [1.807, 2.05) is 0 Å². The van der Waals surface area contributed by atoms with Crippen molar-refractivity contribution in [3.05, 3.63) is 65.0 Å². The maximum absolute atomic E-state index is 13.7. The van der Waals surface area contributed by atoms with Crippen molar-refractivity contribution in [2.75, 3.05) is 6.26 Å². The van der Waals surface area contributed by atoms with Gasteiger partial charge in [0, 0.05) is 6.26 Å². The summed E-state index contributed by atoms with van der Waals surface area (Å²) in [6.07, 6.45) is -0.228. The predicted molar refractivity (Wildman–Crippen MR) is 98.7 cm³/mol. The zero-order valence-electron chi connectivity index (χ0n) is 15.1. The van der Waals surface area contributed by atoms with Crippen molar-refractivity contribution in [1.82, 2.24) is 0 Å². The Morgan fingerprint density at radius 1 is 0.893 bits per heavy atom. The summed E-state index contributed by atoms with van der Waals surface area (Å²) >= 11 is 0. The summed E-state index contributed by atoms with van der Waals surface area (Å²) in [5.74, 6) is -1.28. The highest BCUT2D eigenvalue weighted by atomic mass is 32.2. The fourth-order valence-electron chi connectivity index (χ4n) is 3.94. The summed E-state index contributed by atoms with van der Waals surface area (Å²) in [7, 11) is -3.33. The molecule has 0 radical (unpaired) electrons. The highest BCUT2D eigenvalue weighted by molar-refractivity contribution is 7.90. The van der Waals surface area contributed by atoms with E-state index in [1.165, 1.54) is 18.2 Å². The number of alkyl halides is 3. The lowest BCUT2D eigenvalue weighted by Crippen LogP contribution is -2.08. The highest BCUT2D eigenvalue weighted by Crippen LogP contribution is 2.63. The molecule has 2 nitrogen and oxygen atoms in total. The van der Waals surface area contributed by atoms with Crippen molar-refractivity contribution in [2.24, 2.45) is 5.41 Å². The highest BCUT2D eigenvalue weighted by Gasteiger charge is 2.48. The smallest absolute Gasteiger partial charge is 0.224 e. The fraction of sp³-hybridized carbons (Fsp3) is 0.333. The van der Waals surface area contributed by atoms with Gasteiger partial charge in [-0.1, -0.05) is 18.2 Å². The topological polar surface area (TPSA) is 34.1 Å². The lowest BCUT2D eigenvalue weighted by molar-refractivity contribution is -0.140. The Hall–Kier alpha value is -2.15. The van der Waals surface area contributed by atoms with Gasteiger partial charge in [0.1, 0.15) is 5.82 Å². The minimum absolute atomic E-state index is 0.0763. The van der Waals surface area contributed by atoms with Crippen LogP contribution in [0.2, 0.25) is 0 Å². The Bertz CT molecular complexity index is 1080. The lowest BCUT2D eigenvalue weighted by Gasteiger charge is -2.13. The first-order valence-corrected chi connectivity index (χ1v) is 10.8. The van der Waals surface area contributed by atoms with E-state index >= 15 is 0 Å². The normalized spacial score (nSPS) is 18.8. The van der Waals surface area contributed by atoms with E-state index < -0.39 is 27.4 Å². The molecule has 2 aliphatic rings. The minimum Gasteiger partial charge on any atom is -0.224 e. The van der Waals surface area contributed by atoms with Gasteiger partial charge in [0.15, 0.2) is 9.84 Å². The van der Waals surface area contributed by atoms with Crippen molar-refractivity contribution in [1.29, 1.82) is 0 Å². The number of benzene rings is 2. The molecule has 0 atom stereocenters. The molecular formula is C21H18F4O2S. The van der Waals surface area contributed by atoms with Crippen molar-refractivity contribution < 1.29 is 26.0 Å². The number of rotatable bonds is 3. The molecule has 0 aromatic heterocycles. The van der Waals surface area contributed by atoms with Crippen LogP contribution in [0.1, 0.15) is 42.4 Å². The molecule has 0 N–H and O–H groups in total. The third-order valence-electron chi connectivity index (χ3n) is 5.68. The van der Waals surface area contributed by atoms with Gasteiger partial charge in [-0.25, -0.2) is 12.8 Å². The molecule has 28 heavy (non-hydrogen) atoms. The molecule has 0 bridgehead atoms. The average Bonchev–Trinajstić information content (AvgIpc) is 3.25. The Balaban J connectivity index is 1.81. The van der Waals surface area contributed by atoms with Gasteiger partial charge in [-0.05, 0) is 77.6 Å². The van der Waals surface area contributed by atoms with Gasteiger partial charge >= 0.3 is 6.18 Å². The van der Waals surface area contributed by atoms with E-state index in [2.05, 4.69) is 0 Å². The maximum Gasteiger partial charge on any atom is 0.419 e. The summed E-state index contributed by atoms with van der Waals surface area (Å²) in [5.41, 5.74) is 1.68. The SMILES string of the molecule is CS(=O)(=O)c1ccc(C2=C(c3ccc(F)c(C(F)(F)F)c3)CC3(CC3)C2)cc1. The Morgan fingerprint density at radius 3 is 1.93 bits per heavy atom. The monoisotopic (exact) mass is 410 g/mol. The van der Waals surface area contributed by atoms with Gasteiger partial charge < -0.3 is 0 Å². The van der Waals surface area contributed by atoms with E-state index in [4.69, 9.17) is 0 Å². The van der Waals surface area contributed by atoms with Crippen molar-refractivity contribution in [3.63, 3.8) is 0 Å². The van der Waals surface area contributed by atoms with Crippen LogP contribution in [0.4, 0.5) is 17.6 Å². The van der Waals surface area contributed by atoms with Crippen LogP contribution >= 0.6 is 0 Å². The molecule has 1 fully saturated rings. The second-order valence-electron chi connectivity index (χ2n) is 7.80. The van der Waals surface area contributed by atoms with Crippen LogP contribution < -0.4 is 0 Å². The molecule has 2 aliphatic carbocycles. The fourth-order valence-corrected chi connectivity index (χ4v) is 4.57. The number of halogens is 4. The molecule has 0 saturated heterocycles. The number of hydrogen-bond acceptors (Lipinski definition) is 2. The molecule has 0 unspecified atom stereocenters. The van der Waals surface area contributed by atoms with Crippen molar-refractivity contribution in [3.8, 4) is 0 Å². The molecule has 2 aromatic carbocycles. The molecular weight excluding hydrogens is 392 g/mol. The summed E-state index contributed by atoms with van der Waals surface area (Å²) in [6.45, 7) is 0. The first-order chi connectivity index (χ1) is 13.0. The molecule has 1 saturated carbocycles. The largest absolute Gasteiger partial charge is 0.419 e. The average molecular weight is 410 g/mol. The number of allylic oxidation sites excluding steroid dienone is 2. The second kappa shape index (κ2) is 6.17. The first-order valence-electron chi connectivity index (χ1n) is 8.88. The first kappa shape index (κ1) is 19.2. The molecule has 4 rings (SSSR count). The van der Waals surface area contributed by atoms with Gasteiger partial charge in [0.05, 0.1) is 10.5 Å². The van der Waals surface area contributed by atoms with Gasteiger partial charge in [-0.15, -0.1) is 0 Å². The Labute approximate surface area is 160 Å². The molecule has 0 amide bonds. The van der Waals surface area contributed by atoms with Gasteiger partial charge in [0.25, 0.3) is 0 Å². The van der Waals surface area contributed by atoms with Crippen LogP contribution in [0.5, 0.6) is 0 Å². The van der Waals surface area contributed by atoms with E-state index in [1.54, 1.807) is 12.1 Å². The standard InChI is InChI=1S/C21H18F4O2S/c1-28(26,27)15-5-2-13(3-6-15)16-11-20(8-9-20)12-17(16)14-4-7-19(22)18(10-14)21(23,24)25/h2-7,10H,8-9,11-12H2,1H3. The van der Waals surface area contributed by atoms with E-state index in [0.717, 1.165) is 54.4 Å². The summed E-state index contributed by atoms with van der Waals surface area (Å²) in [6, 6.07) is 9.57. The molecule has 1 spiro atoms. The van der Waals surface area contributed by atoms with Crippen molar-refractivity contribution in [2.45, 2.75) is 36.8 Å². The molecule has 148 valence electrons. The van der Waals surface area contributed by atoms with Gasteiger partial charge in [0.2, 0.25) is 0 Å². The van der Waals surface area contributed by atoms with Crippen molar-refractivity contribution >= 4 is 21.0 Å². The third-order valence-corrected chi connectivity index (χ3v) is 6.80. The van der Waals surface area contributed by atoms with Crippen LogP contribution in [0.25, 0.3) is 11.1 Å². The van der Waals surface area contributed by atoms with Crippen LogP contribution in [0.15, 0.2) is 47.4 Å². The zero-order chi connectivity index (χ0) is 20.3. The Kier molecular flexibility index (Phi) is 4.23. The summed E-state index contributed by atoms with van der Waals surface area (Å²) < 4.78 is 76.5. The number of hydrogen-bond donors (Lipinski definition) is 0. The second-order valence-corrected chi connectivity index (χ2v) is 9.82. The van der Waals surface area contributed by atoms with E-state index in [0.29, 0.717) is 12.0 Å². The van der Waals surface area contributed by atoms with Crippen LogP contribution in [0.3, 0.4) is 0 Å². The molecule has 7 heteroatoms. The van der Waals surface area contributed by atoms with Gasteiger partial charge in [-0.2, -0.15) is 13.2 Å². The van der Waals surface area contributed by atoms with Crippen LogP contribution in [0, 0.1) is 11.2 Å². The Morgan fingerprint density at radius 2 is 1.43 bits per heavy atom. The quantitative estimate of drug-likeness (QED) is 0.606. The third kappa shape index (κ3) is 3.48. The van der Waals surface area contributed by atoms with Gasteiger partial charge in [-0.3, -0.25) is 0 Å². The number of sulfone groups is 1. The zero-order valence-corrected chi connectivity index (χ0v) is 15.9. The molecule has 0 heterocycles.